The number of aryl methyl sites for hydroxylation is 1. The van der Waals surface area contributed by atoms with Gasteiger partial charge in [0.1, 0.15) is 17.4 Å². The van der Waals surface area contributed by atoms with E-state index in [1.807, 2.05) is 6.07 Å². The Morgan fingerprint density at radius 3 is 2.68 bits per heavy atom. The lowest BCUT2D eigenvalue weighted by Gasteiger charge is -2.23. The van der Waals surface area contributed by atoms with Crippen molar-refractivity contribution in [3.63, 3.8) is 0 Å². The van der Waals surface area contributed by atoms with Crippen molar-refractivity contribution in [3.05, 3.63) is 70.5 Å². The second-order valence-corrected chi connectivity index (χ2v) is 11.0. The maximum absolute atomic E-state index is 13.1. The molecule has 0 unspecified atom stereocenters. The molecule has 4 rings (SSSR count). The largest absolute Gasteiger partial charge is 0.416 e. The van der Waals surface area contributed by atoms with Gasteiger partial charge >= 0.3 is 6.18 Å². The smallest absolute Gasteiger partial charge is 0.349 e. The molecule has 0 aliphatic carbocycles. The highest BCUT2D eigenvalue weighted by atomic mass is 32.2. The molecule has 0 fully saturated rings. The lowest BCUT2D eigenvalue weighted by Crippen LogP contribution is -2.41. The van der Waals surface area contributed by atoms with Crippen molar-refractivity contribution < 1.29 is 31.2 Å². The minimum absolute atomic E-state index is 0.0216. The van der Waals surface area contributed by atoms with E-state index in [-0.39, 0.29) is 35.6 Å². The third-order valence-electron chi connectivity index (χ3n) is 5.74. The van der Waals surface area contributed by atoms with Gasteiger partial charge in [0.25, 0.3) is 5.91 Å². The molecule has 0 spiro atoms. The molecular weight excluding hydrogens is 525 g/mol. The Morgan fingerprint density at radius 2 is 2.05 bits per heavy atom. The second-order valence-electron chi connectivity index (χ2n) is 8.83. The first-order valence-corrected chi connectivity index (χ1v) is 13.3. The predicted octanol–water partition coefficient (Wildman–Crippen LogP) is 2.43. The maximum atomic E-state index is 13.1. The van der Waals surface area contributed by atoms with Crippen molar-refractivity contribution in [2.75, 3.05) is 17.3 Å². The quantitative estimate of drug-likeness (QED) is 0.463. The van der Waals surface area contributed by atoms with Crippen LogP contribution in [0.4, 0.5) is 19.0 Å². The molecule has 2 N–H and O–H groups in total. The summed E-state index contributed by atoms with van der Waals surface area (Å²) in [6.45, 7) is 0. The molecule has 2 aromatic heterocycles. The number of amides is 2. The minimum atomic E-state index is -4.46. The number of fused-ring (bicyclic) bond motifs is 1. The maximum Gasteiger partial charge on any atom is 0.416 e. The van der Waals surface area contributed by atoms with E-state index in [4.69, 9.17) is 5.26 Å². The highest BCUT2D eigenvalue weighted by Crippen LogP contribution is 2.31. The monoisotopic (exact) mass is 546 g/mol. The van der Waals surface area contributed by atoms with E-state index in [1.165, 1.54) is 29.1 Å². The third kappa shape index (κ3) is 6.17. The standard InChI is InChI=1S/C24H21F3N6O4S/c1-38(36,37)13-20(34)31-22-21-18(32-33(22)19-8-6-15(11-28)12-29-19)10-17(30-23(21)35)7-5-14-3-2-4-16(9-14)24(25,26)27/h2-4,6,8-9,12,17H,5,7,10,13H2,1H3,(H,30,35)(H,31,34)/t17-/m0/s1. The highest BCUT2D eigenvalue weighted by molar-refractivity contribution is 7.91. The Labute approximate surface area is 215 Å². The summed E-state index contributed by atoms with van der Waals surface area (Å²) in [4.78, 5) is 29.6. The van der Waals surface area contributed by atoms with Crippen molar-refractivity contribution in [3.8, 4) is 11.9 Å². The molecule has 0 radical (unpaired) electrons. The molecule has 198 valence electrons. The summed E-state index contributed by atoms with van der Waals surface area (Å²) in [5, 5.41) is 18.7. The average Bonchev–Trinajstić information content (AvgIpc) is 3.19. The fourth-order valence-corrected chi connectivity index (χ4v) is 4.62. The fourth-order valence-electron chi connectivity index (χ4n) is 4.07. The van der Waals surface area contributed by atoms with Gasteiger partial charge in [0.2, 0.25) is 5.91 Å². The number of hydrogen-bond donors (Lipinski definition) is 2. The fraction of sp³-hybridized carbons (Fsp3) is 0.292. The summed E-state index contributed by atoms with van der Waals surface area (Å²) in [5.41, 5.74) is 0.284. The normalized spacial score (nSPS) is 15.3. The van der Waals surface area contributed by atoms with E-state index in [0.717, 1.165) is 18.4 Å². The van der Waals surface area contributed by atoms with Gasteiger partial charge in [-0.05, 0) is 36.6 Å². The molecule has 1 aliphatic rings. The summed E-state index contributed by atoms with van der Waals surface area (Å²) in [7, 11) is -3.67. The molecule has 0 saturated carbocycles. The average molecular weight is 547 g/mol. The lowest BCUT2D eigenvalue weighted by atomic mass is 9.95. The van der Waals surface area contributed by atoms with Gasteiger partial charge in [-0.2, -0.15) is 28.2 Å². The molecule has 10 nitrogen and oxygen atoms in total. The van der Waals surface area contributed by atoms with Gasteiger partial charge in [-0.15, -0.1) is 0 Å². The number of aromatic nitrogens is 3. The SMILES string of the molecule is CS(=O)(=O)CC(=O)Nc1c2c(nn1-c1ccc(C#N)cn1)C[C@H](CCc1cccc(C(F)(F)F)c1)NC2=O. The van der Waals surface area contributed by atoms with Crippen LogP contribution in [0.1, 0.15) is 39.2 Å². The first-order chi connectivity index (χ1) is 17.8. The predicted molar refractivity (Wildman–Crippen MR) is 129 cm³/mol. The number of hydrogen-bond acceptors (Lipinski definition) is 7. The van der Waals surface area contributed by atoms with Crippen LogP contribution in [-0.4, -0.2) is 53.0 Å². The molecule has 3 heterocycles. The van der Waals surface area contributed by atoms with Crippen molar-refractivity contribution in [1.82, 2.24) is 20.1 Å². The van der Waals surface area contributed by atoms with E-state index in [1.54, 1.807) is 6.07 Å². The zero-order valence-electron chi connectivity index (χ0n) is 19.9. The number of carbonyl (C=O) groups excluding carboxylic acids is 2. The van der Waals surface area contributed by atoms with E-state index < -0.39 is 45.2 Å². The third-order valence-corrected chi connectivity index (χ3v) is 6.53. The molecule has 14 heteroatoms. The molecule has 0 bridgehead atoms. The van der Waals surface area contributed by atoms with Crippen LogP contribution < -0.4 is 10.6 Å². The number of benzene rings is 1. The Hall–Kier alpha value is -4.25. The van der Waals surface area contributed by atoms with E-state index in [9.17, 15) is 31.2 Å². The minimum Gasteiger partial charge on any atom is -0.349 e. The zero-order chi connectivity index (χ0) is 27.7. The first-order valence-electron chi connectivity index (χ1n) is 11.3. The summed E-state index contributed by atoms with van der Waals surface area (Å²) >= 11 is 0. The number of halogens is 3. The van der Waals surface area contributed by atoms with Crippen LogP contribution in [0.3, 0.4) is 0 Å². The summed E-state index contributed by atoms with van der Waals surface area (Å²) in [6.07, 6.45) is -1.50. The number of carbonyl (C=O) groups is 2. The van der Waals surface area contributed by atoms with Gasteiger partial charge in [0, 0.05) is 24.9 Å². The van der Waals surface area contributed by atoms with Crippen LogP contribution in [0.25, 0.3) is 5.82 Å². The van der Waals surface area contributed by atoms with Crippen LogP contribution in [0.5, 0.6) is 0 Å². The van der Waals surface area contributed by atoms with E-state index in [0.29, 0.717) is 17.7 Å². The van der Waals surface area contributed by atoms with Crippen LogP contribution in [0.15, 0.2) is 42.6 Å². The number of anilines is 1. The zero-order valence-corrected chi connectivity index (χ0v) is 20.7. The van der Waals surface area contributed by atoms with Crippen LogP contribution in [-0.2, 0) is 33.6 Å². The number of nitrogens with zero attached hydrogens (tertiary/aromatic N) is 4. The topological polar surface area (TPSA) is 147 Å². The number of sulfone groups is 1. The summed E-state index contributed by atoms with van der Waals surface area (Å²) < 4.78 is 63.5. The molecule has 1 atom stereocenters. The van der Waals surface area contributed by atoms with Gasteiger partial charge in [-0.25, -0.2) is 13.4 Å². The van der Waals surface area contributed by atoms with Gasteiger partial charge in [0.15, 0.2) is 21.5 Å². The van der Waals surface area contributed by atoms with Gasteiger partial charge in [0.05, 0.1) is 16.8 Å². The number of pyridine rings is 1. The summed E-state index contributed by atoms with van der Waals surface area (Å²) in [6, 6.07) is 9.34. The molecular formula is C24H21F3N6O4S. The summed E-state index contributed by atoms with van der Waals surface area (Å²) in [5.74, 6) is -2.21. The van der Waals surface area contributed by atoms with E-state index in [2.05, 4.69) is 20.7 Å². The van der Waals surface area contributed by atoms with Gasteiger partial charge < -0.3 is 10.6 Å². The Kier molecular flexibility index (Phi) is 7.23. The molecule has 3 aromatic rings. The molecule has 1 aliphatic heterocycles. The van der Waals surface area contributed by atoms with Gasteiger partial charge in [-0.1, -0.05) is 18.2 Å². The van der Waals surface area contributed by atoms with Crippen molar-refractivity contribution in [2.24, 2.45) is 0 Å². The van der Waals surface area contributed by atoms with Crippen LogP contribution in [0.2, 0.25) is 0 Å². The van der Waals surface area contributed by atoms with Crippen molar-refractivity contribution in [1.29, 1.82) is 5.26 Å². The number of alkyl halides is 3. The van der Waals surface area contributed by atoms with Gasteiger partial charge in [-0.3, -0.25) is 9.59 Å². The highest BCUT2D eigenvalue weighted by Gasteiger charge is 2.34. The molecule has 38 heavy (non-hydrogen) atoms. The lowest BCUT2D eigenvalue weighted by molar-refractivity contribution is -0.137. The Morgan fingerprint density at radius 1 is 1.29 bits per heavy atom. The molecule has 0 saturated heterocycles. The number of rotatable bonds is 7. The molecule has 1 aromatic carbocycles. The van der Waals surface area contributed by atoms with E-state index >= 15 is 0 Å². The second kappa shape index (κ2) is 10.3. The molecule has 2 amide bonds. The van der Waals surface area contributed by atoms with Crippen LogP contribution in [0, 0.1) is 11.3 Å². The van der Waals surface area contributed by atoms with Crippen molar-refractivity contribution >= 4 is 27.5 Å². The Balaban J connectivity index is 1.62. The number of nitrogens with one attached hydrogen (secondary N) is 2. The Bertz CT molecular complexity index is 1540. The first kappa shape index (κ1) is 26.8. The number of nitriles is 1. The van der Waals surface area contributed by atoms with Crippen molar-refractivity contribution in [2.45, 2.75) is 31.5 Å². The van der Waals surface area contributed by atoms with Crippen LogP contribution >= 0.6 is 0 Å².